The maximum atomic E-state index is 4.21. The van der Waals surface area contributed by atoms with Crippen LogP contribution >= 0.6 is 9.24 Å². The van der Waals surface area contributed by atoms with Crippen LogP contribution in [0.1, 0.15) is 0 Å². The molecule has 3 nitrogen and oxygen atoms in total. The zero-order valence-corrected chi connectivity index (χ0v) is 10.8. The first-order chi connectivity index (χ1) is 8.86. The van der Waals surface area contributed by atoms with E-state index in [0.29, 0.717) is 0 Å². The topological polar surface area (TPSA) is 30.7 Å². The van der Waals surface area contributed by atoms with Crippen LogP contribution in [0.5, 0.6) is 0 Å². The number of para-hydroxylation sites is 1. The van der Waals surface area contributed by atoms with Gasteiger partial charge in [-0.25, -0.2) is 4.68 Å². The summed E-state index contributed by atoms with van der Waals surface area (Å²) in [5.41, 5.74) is 3.98. The monoisotopic (exact) mass is 253 g/mol. The molecule has 0 bridgehead atoms. The Hall–Kier alpha value is -1.99. The molecule has 0 amide bonds. The van der Waals surface area contributed by atoms with Crippen LogP contribution in [0.15, 0.2) is 60.7 Å². The number of nitrogens with zero attached hydrogens (tertiary/aromatic N) is 3. The minimum atomic E-state index is 0.852. The summed E-state index contributed by atoms with van der Waals surface area (Å²) in [6.45, 7) is 0. The summed E-state index contributed by atoms with van der Waals surface area (Å²) in [7, 11) is 2.64. The van der Waals surface area contributed by atoms with Gasteiger partial charge in [0.2, 0.25) is 0 Å². The molecule has 0 aliphatic rings. The molecule has 3 rings (SSSR count). The second-order valence-corrected chi connectivity index (χ2v) is 4.48. The molecule has 0 aliphatic heterocycles. The molecule has 0 radical (unpaired) electrons. The molecule has 0 N–H and O–H groups in total. The Morgan fingerprint density at radius 1 is 0.833 bits per heavy atom. The molecule has 0 spiro atoms. The van der Waals surface area contributed by atoms with E-state index in [4.69, 9.17) is 0 Å². The smallest absolute Gasteiger partial charge is 0.107 e. The van der Waals surface area contributed by atoms with Gasteiger partial charge in [0.25, 0.3) is 0 Å². The van der Waals surface area contributed by atoms with E-state index in [0.717, 1.165) is 22.4 Å². The van der Waals surface area contributed by atoms with Crippen LogP contribution < -0.4 is 5.44 Å². The fraction of sp³-hybridized carbons (Fsp3) is 0. The number of aromatic nitrogens is 3. The molecule has 1 atom stereocenters. The van der Waals surface area contributed by atoms with E-state index in [1.807, 2.05) is 53.2 Å². The van der Waals surface area contributed by atoms with E-state index < -0.39 is 0 Å². The summed E-state index contributed by atoms with van der Waals surface area (Å²) in [4.78, 5) is 0. The highest BCUT2D eigenvalue weighted by Crippen LogP contribution is 2.20. The van der Waals surface area contributed by atoms with Crippen molar-refractivity contribution in [3.63, 3.8) is 0 Å². The Bertz CT molecular complexity index is 647. The molecule has 88 valence electrons. The first-order valence-corrected chi connectivity index (χ1v) is 6.26. The first-order valence-electron chi connectivity index (χ1n) is 5.68. The predicted octanol–water partition coefficient (Wildman–Crippen LogP) is 2.43. The lowest BCUT2D eigenvalue weighted by Gasteiger charge is -2.06. The zero-order chi connectivity index (χ0) is 12.4. The van der Waals surface area contributed by atoms with Gasteiger partial charge in [-0.05, 0) is 12.1 Å². The van der Waals surface area contributed by atoms with Crippen molar-refractivity contribution >= 4 is 14.7 Å². The van der Waals surface area contributed by atoms with Crippen LogP contribution in [0.3, 0.4) is 0 Å². The Morgan fingerprint density at radius 2 is 1.44 bits per heavy atom. The SMILES string of the molecule is Pc1nnn(-c2ccccc2)c1-c1ccccc1. The molecule has 0 fully saturated rings. The highest BCUT2D eigenvalue weighted by atomic mass is 31.0. The largest absolute Gasteiger partial charge is 0.212 e. The van der Waals surface area contributed by atoms with Gasteiger partial charge in [0, 0.05) is 5.56 Å². The third-order valence-corrected chi connectivity index (χ3v) is 3.13. The minimum Gasteiger partial charge on any atom is -0.212 e. The van der Waals surface area contributed by atoms with Gasteiger partial charge in [-0.1, -0.05) is 63.0 Å². The number of hydrogen-bond donors (Lipinski definition) is 0. The molecule has 1 heterocycles. The van der Waals surface area contributed by atoms with E-state index in [1.165, 1.54) is 0 Å². The molecule has 0 saturated carbocycles. The minimum absolute atomic E-state index is 0.852. The number of benzene rings is 2. The van der Waals surface area contributed by atoms with Crippen LogP contribution in [0, 0.1) is 0 Å². The fourth-order valence-electron chi connectivity index (χ4n) is 1.91. The van der Waals surface area contributed by atoms with E-state index in [9.17, 15) is 0 Å². The first kappa shape index (κ1) is 11.1. The van der Waals surface area contributed by atoms with E-state index >= 15 is 0 Å². The molecule has 1 aromatic heterocycles. The molecule has 3 aromatic rings. The van der Waals surface area contributed by atoms with Crippen molar-refractivity contribution in [2.45, 2.75) is 0 Å². The van der Waals surface area contributed by atoms with Crippen LogP contribution in [0.25, 0.3) is 16.9 Å². The Morgan fingerprint density at radius 3 is 2.11 bits per heavy atom. The zero-order valence-electron chi connectivity index (χ0n) is 9.69. The molecular weight excluding hydrogens is 241 g/mol. The molecule has 1 unspecified atom stereocenters. The van der Waals surface area contributed by atoms with Crippen molar-refractivity contribution in [2.75, 3.05) is 0 Å². The van der Waals surface area contributed by atoms with E-state index in [2.05, 4.69) is 31.7 Å². The Balaban J connectivity index is 2.19. The third kappa shape index (κ3) is 1.93. The summed E-state index contributed by atoms with van der Waals surface area (Å²) in [6.07, 6.45) is 0. The van der Waals surface area contributed by atoms with Crippen molar-refractivity contribution in [1.82, 2.24) is 15.0 Å². The second-order valence-electron chi connectivity index (χ2n) is 3.94. The Labute approximate surface area is 108 Å². The van der Waals surface area contributed by atoms with E-state index in [1.54, 1.807) is 0 Å². The van der Waals surface area contributed by atoms with E-state index in [-0.39, 0.29) is 0 Å². The van der Waals surface area contributed by atoms with Gasteiger partial charge in [0.15, 0.2) is 0 Å². The van der Waals surface area contributed by atoms with Gasteiger partial charge < -0.3 is 0 Å². The average Bonchev–Trinajstić information content (AvgIpc) is 2.83. The van der Waals surface area contributed by atoms with Gasteiger partial charge in [0.1, 0.15) is 11.1 Å². The fourth-order valence-corrected chi connectivity index (χ4v) is 2.25. The van der Waals surface area contributed by atoms with Crippen LogP contribution in [-0.2, 0) is 0 Å². The van der Waals surface area contributed by atoms with Gasteiger partial charge in [-0.2, -0.15) is 0 Å². The molecule has 0 saturated heterocycles. The highest BCUT2D eigenvalue weighted by Gasteiger charge is 2.12. The van der Waals surface area contributed by atoms with Gasteiger partial charge in [-0.3, -0.25) is 0 Å². The Kier molecular flexibility index (Phi) is 2.91. The average molecular weight is 253 g/mol. The summed E-state index contributed by atoms with van der Waals surface area (Å²) in [5, 5.41) is 8.35. The maximum Gasteiger partial charge on any atom is 0.107 e. The van der Waals surface area contributed by atoms with Crippen LogP contribution in [0.4, 0.5) is 0 Å². The molecule has 18 heavy (non-hydrogen) atoms. The van der Waals surface area contributed by atoms with Crippen molar-refractivity contribution in [2.24, 2.45) is 0 Å². The lowest BCUT2D eigenvalue weighted by atomic mass is 10.1. The maximum absolute atomic E-state index is 4.21. The number of hydrogen-bond acceptors (Lipinski definition) is 2. The lowest BCUT2D eigenvalue weighted by Crippen LogP contribution is -2.02. The lowest BCUT2D eigenvalue weighted by molar-refractivity contribution is 0.810. The summed E-state index contributed by atoms with van der Waals surface area (Å²) < 4.78 is 1.86. The van der Waals surface area contributed by atoms with Gasteiger partial charge in [0.05, 0.1) is 5.69 Å². The predicted molar refractivity (Wildman–Crippen MR) is 76.1 cm³/mol. The van der Waals surface area contributed by atoms with Crippen molar-refractivity contribution in [1.29, 1.82) is 0 Å². The standard InChI is InChI=1S/C14H12N3P/c18-14-13(11-7-3-1-4-8-11)17(16-15-14)12-9-5-2-6-10-12/h1-10H,18H2. The van der Waals surface area contributed by atoms with Crippen LogP contribution in [0.2, 0.25) is 0 Å². The highest BCUT2D eigenvalue weighted by molar-refractivity contribution is 7.27. The molecule has 0 aliphatic carbocycles. The van der Waals surface area contributed by atoms with Gasteiger partial charge >= 0.3 is 0 Å². The van der Waals surface area contributed by atoms with Crippen molar-refractivity contribution < 1.29 is 0 Å². The molecular formula is C14H12N3P. The second kappa shape index (κ2) is 4.71. The molecule has 4 heteroatoms. The van der Waals surface area contributed by atoms with Gasteiger partial charge in [-0.15, -0.1) is 5.10 Å². The normalized spacial score (nSPS) is 10.5. The molecule has 2 aromatic carbocycles. The summed E-state index contributed by atoms with van der Waals surface area (Å²) in [5.74, 6) is 0. The summed E-state index contributed by atoms with van der Waals surface area (Å²) >= 11 is 0. The van der Waals surface area contributed by atoms with Crippen molar-refractivity contribution in [3.8, 4) is 16.9 Å². The summed E-state index contributed by atoms with van der Waals surface area (Å²) in [6, 6.07) is 20.2. The quantitative estimate of drug-likeness (QED) is 0.657. The van der Waals surface area contributed by atoms with Crippen molar-refractivity contribution in [3.05, 3.63) is 60.7 Å². The van der Waals surface area contributed by atoms with Crippen LogP contribution in [-0.4, -0.2) is 15.0 Å². The number of rotatable bonds is 2. The third-order valence-electron chi connectivity index (χ3n) is 2.74.